The quantitative estimate of drug-likeness (QED) is 0.0646. The van der Waals surface area contributed by atoms with Gasteiger partial charge in [-0.3, -0.25) is 9.59 Å². The van der Waals surface area contributed by atoms with Gasteiger partial charge in [-0.2, -0.15) is 0 Å². The van der Waals surface area contributed by atoms with E-state index in [4.69, 9.17) is 9.47 Å². The molecule has 0 radical (unpaired) electrons. The fourth-order valence-electron chi connectivity index (χ4n) is 6.46. The minimum Gasteiger partial charge on any atom is -0.466 e. The van der Waals surface area contributed by atoms with Crippen molar-refractivity contribution in [2.24, 2.45) is 11.8 Å². The van der Waals surface area contributed by atoms with E-state index in [1.165, 1.54) is 70.6 Å². The Morgan fingerprint density at radius 3 is 1.79 bits per heavy atom. The van der Waals surface area contributed by atoms with E-state index in [9.17, 15) is 14.7 Å². The summed E-state index contributed by atoms with van der Waals surface area (Å²) in [5.74, 6) is 1.37. The number of aliphatic hydroxyl groups is 1. The summed E-state index contributed by atoms with van der Waals surface area (Å²) in [6.45, 7) is 10.4. The van der Waals surface area contributed by atoms with Gasteiger partial charge < -0.3 is 19.5 Å². The van der Waals surface area contributed by atoms with Crippen molar-refractivity contribution in [2.45, 2.75) is 181 Å². The molecule has 1 aliphatic rings. The third-order valence-electron chi connectivity index (χ3n) is 9.29. The maximum Gasteiger partial charge on any atom is 0.306 e. The Morgan fingerprint density at radius 1 is 0.698 bits per heavy atom. The molecule has 43 heavy (non-hydrogen) atoms. The van der Waals surface area contributed by atoms with Crippen molar-refractivity contribution >= 4 is 11.9 Å². The first kappa shape index (κ1) is 39.9. The highest BCUT2D eigenvalue weighted by Gasteiger charge is 2.24. The van der Waals surface area contributed by atoms with Gasteiger partial charge in [0, 0.05) is 19.4 Å². The molecule has 1 N–H and O–H groups in total. The van der Waals surface area contributed by atoms with Crippen LogP contribution < -0.4 is 0 Å². The van der Waals surface area contributed by atoms with Gasteiger partial charge in [0.25, 0.3) is 0 Å². The predicted molar refractivity (Wildman–Crippen MR) is 179 cm³/mol. The summed E-state index contributed by atoms with van der Waals surface area (Å²) < 4.78 is 11.2. The van der Waals surface area contributed by atoms with E-state index in [0.717, 1.165) is 90.3 Å². The Bertz CT molecular complexity index is 647. The highest BCUT2D eigenvalue weighted by atomic mass is 16.5. The molecular formula is C37H71NO5. The third-order valence-corrected chi connectivity index (χ3v) is 9.29. The van der Waals surface area contributed by atoms with Crippen molar-refractivity contribution in [3.8, 4) is 0 Å². The van der Waals surface area contributed by atoms with Crippen LogP contribution >= 0.6 is 0 Å². The van der Waals surface area contributed by atoms with Crippen LogP contribution in [-0.4, -0.2) is 60.9 Å². The molecule has 0 aliphatic heterocycles. The Hall–Kier alpha value is -1.14. The summed E-state index contributed by atoms with van der Waals surface area (Å²) in [5.41, 5.74) is 0. The molecule has 6 nitrogen and oxygen atoms in total. The lowest BCUT2D eigenvalue weighted by atomic mass is 9.92. The topological polar surface area (TPSA) is 76.1 Å². The molecular weight excluding hydrogens is 538 g/mol. The molecule has 1 aliphatic carbocycles. The lowest BCUT2D eigenvalue weighted by Crippen LogP contribution is -2.29. The SMILES string of the molecule is CCCCCC(CCCCC)CCOC(=O)CCCCCCCN(CCO)CCCCCCCC(=O)OC1CCC(C)C1. The number of rotatable bonds is 30. The van der Waals surface area contributed by atoms with Crippen molar-refractivity contribution in [1.29, 1.82) is 0 Å². The number of unbranched alkanes of at least 4 members (excludes halogenated alkanes) is 12. The van der Waals surface area contributed by atoms with Crippen LogP contribution in [0.2, 0.25) is 0 Å². The average Bonchev–Trinajstić information content (AvgIpc) is 3.39. The minimum absolute atomic E-state index is 0.0113. The summed E-state index contributed by atoms with van der Waals surface area (Å²) in [7, 11) is 0. The monoisotopic (exact) mass is 610 g/mol. The summed E-state index contributed by atoms with van der Waals surface area (Å²) in [5, 5.41) is 9.46. The Kier molecular flexibility index (Phi) is 26.3. The fourth-order valence-corrected chi connectivity index (χ4v) is 6.46. The molecule has 1 saturated carbocycles. The van der Waals surface area contributed by atoms with Crippen molar-refractivity contribution in [2.75, 3.05) is 32.8 Å². The number of aliphatic hydroxyl groups excluding tert-OH is 1. The predicted octanol–water partition coefficient (Wildman–Crippen LogP) is 9.40. The molecule has 0 aromatic carbocycles. The van der Waals surface area contributed by atoms with Crippen LogP contribution in [0.3, 0.4) is 0 Å². The molecule has 0 saturated heterocycles. The summed E-state index contributed by atoms with van der Waals surface area (Å²) >= 11 is 0. The number of carbonyl (C=O) groups is 2. The molecule has 2 unspecified atom stereocenters. The van der Waals surface area contributed by atoms with Gasteiger partial charge in [-0.1, -0.05) is 111 Å². The zero-order chi connectivity index (χ0) is 31.4. The first-order valence-corrected chi connectivity index (χ1v) is 18.7. The van der Waals surface area contributed by atoms with Gasteiger partial charge in [0.2, 0.25) is 0 Å². The van der Waals surface area contributed by atoms with Gasteiger partial charge in [-0.25, -0.2) is 0 Å². The van der Waals surface area contributed by atoms with Crippen LogP contribution in [0.5, 0.6) is 0 Å². The largest absolute Gasteiger partial charge is 0.466 e. The highest BCUT2D eigenvalue weighted by Crippen LogP contribution is 2.27. The van der Waals surface area contributed by atoms with E-state index in [-0.39, 0.29) is 24.6 Å². The van der Waals surface area contributed by atoms with Crippen molar-refractivity contribution in [1.82, 2.24) is 4.90 Å². The van der Waals surface area contributed by atoms with E-state index in [1.807, 2.05) is 0 Å². The molecule has 0 aromatic rings. The van der Waals surface area contributed by atoms with Crippen LogP contribution in [0.25, 0.3) is 0 Å². The molecule has 254 valence electrons. The fraction of sp³-hybridized carbons (Fsp3) is 0.946. The van der Waals surface area contributed by atoms with Crippen molar-refractivity contribution in [3.63, 3.8) is 0 Å². The van der Waals surface area contributed by atoms with Crippen LogP contribution in [0, 0.1) is 11.8 Å². The second-order valence-electron chi connectivity index (χ2n) is 13.5. The van der Waals surface area contributed by atoms with Crippen LogP contribution in [0.1, 0.15) is 175 Å². The summed E-state index contributed by atoms with van der Waals surface area (Å²) in [4.78, 5) is 26.6. The molecule has 6 heteroatoms. The van der Waals surface area contributed by atoms with Gasteiger partial charge >= 0.3 is 11.9 Å². The van der Waals surface area contributed by atoms with Gasteiger partial charge in [0.05, 0.1) is 13.2 Å². The molecule has 1 fully saturated rings. The zero-order valence-electron chi connectivity index (χ0n) is 28.8. The lowest BCUT2D eigenvalue weighted by Gasteiger charge is -2.21. The van der Waals surface area contributed by atoms with Gasteiger partial charge in [0.15, 0.2) is 0 Å². The number of esters is 2. The molecule has 1 rings (SSSR count). The molecule has 2 atom stereocenters. The van der Waals surface area contributed by atoms with E-state index in [1.54, 1.807) is 0 Å². The molecule has 0 bridgehead atoms. The van der Waals surface area contributed by atoms with E-state index < -0.39 is 0 Å². The second-order valence-corrected chi connectivity index (χ2v) is 13.5. The molecule has 0 aromatic heterocycles. The zero-order valence-corrected chi connectivity index (χ0v) is 28.8. The number of hydrogen-bond donors (Lipinski definition) is 1. The maximum atomic E-state index is 12.2. The third kappa shape index (κ3) is 23.9. The number of carbonyl (C=O) groups excluding carboxylic acids is 2. The van der Waals surface area contributed by atoms with Crippen molar-refractivity contribution < 1.29 is 24.2 Å². The van der Waals surface area contributed by atoms with Gasteiger partial charge in [0.1, 0.15) is 6.10 Å². The number of hydrogen-bond acceptors (Lipinski definition) is 6. The van der Waals surface area contributed by atoms with E-state index in [0.29, 0.717) is 31.3 Å². The molecule has 0 heterocycles. The van der Waals surface area contributed by atoms with E-state index in [2.05, 4.69) is 25.7 Å². The summed E-state index contributed by atoms with van der Waals surface area (Å²) in [6.07, 6.45) is 26.8. The lowest BCUT2D eigenvalue weighted by molar-refractivity contribution is -0.149. The van der Waals surface area contributed by atoms with Crippen LogP contribution in [-0.2, 0) is 19.1 Å². The summed E-state index contributed by atoms with van der Waals surface area (Å²) in [6, 6.07) is 0. The standard InChI is InChI=1S/C37H71NO5/c1-4-6-14-20-34(21-15-7-5-2)26-31-42-36(40)22-16-10-8-12-18-27-38(29-30-39)28-19-13-9-11-17-23-37(41)43-35-25-24-33(3)32-35/h33-35,39H,4-32H2,1-3H3. The highest BCUT2D eigenvalue weighted by molar-refractivity contribution is 5.69. The van der Waals surface area contributed by atoms with Gasteiger partial charge in [-0.15, -0.1) is 0 Å². The van der Waals surface area contributed by atoms with Gasteiger partial charge in [-0.05, 0) is 76.3 Å². The molecule has 0 amide bonds. The Balaban J connectivity index is 2.00. The number of ether oxygens (including phenoxy) is 2. The average molecular weight is 610 g/mol. The first-order valence-electron chi connectivity index (χ1n) is 18.7. The maximum absolute atomic E-state index is 12.2. The minimum atomic E-state index is -0.0198. The van der Waals surface area contributed by atoms with Crippen LogP contribution in [0.4, 0.5) is 0 Å². The van der Waals surface area contributed by atoms with Crippen molar-refractivity contribution in [3.05, 3.63) is 0 Å². The first-order chi connectivity index (χ1) is 21.0. The Morgan fingerprint density at radius 2 is 1.26 bits per heavy atom. The smallest absolute Gasteiger partial charge is 0.306 e. The molecule has 0 spiro atoms. The Labute approximate surface area is 266 Å². The number of nitrogens with zero attached hydrogens (tertiary/aromatic N) is 1. The second kappa shape index (κ2) is 28.3. The van der Waals surface area contributed by atoms with Crippen LogP contribution in [0.15, 0.2) is 0 Å². The van der Waals surface area contributed by atoms with E-state index >= 15 is 0 Å². The normalized spacial score (nSPS) is 16.8.